The van der Waals surface area contributed by atoms with Gasteiger partial charge >= 0.3 is 0 Å². The van der Waals surface area contributed by atoms with Crippen LogP contribution in [0.1, 0.15) is 5.69 Å². The number of aryl methyl sites for hydroxylation is 1. The topological polar surface area (TPSA) is 56.7 Å². The van der Waals surface area contributed by atoms with E-state index in [1.165, 1.54) is 0 Å². The molecule has 17 heavy (non-hydrogen) atoms. The Labute approximate surface area is 98.7 Å². The van der Waals surface area contributed by atoms with Gasteiger partial charge in [-0.2, -0.15) is 5.10 Å². The number of nitrogens with zero attached hydrogens (tertiary/aromatic N) is 3. The molecule has 0 aliphatic carbocycles. The highest BCUT2D eigenvalue weighted by molar-refractivity contribution is 5.90. The first-order valence-electron chi connectivity index (χ1n) is 5.41. The lowest BCUT2D eigenvalue weighted by Crippen LogP contribution is -1.97. The minimum Gasteiger partial charge on any atom is -0.398 e. The minimum absolute atomic E-state index is 0.744. The number of rotatable bonds is 1. The first-order chi connectivity index (χ1) is 8.25. The number of hydrogen-bond acceptors (Lipinski definition) is 3. The Morgan fingerprint density at radius 3 is 2.76 bits per heavy atom. The summed E-state index contributed by atoms with van der Waals surface area (Å²) in [5.41, 5.74) is 9.57. The van der Waals surface area contributed by atoms with Crippen LogP contribution in [0.25, 0.3) is 16.6 Å². The van der Waals surface area contributed by atoms with Crippen molar-refractivity contribution < 1.29 is 0 Å². The van der Waals surface area contributed by atoms with Crippen LogP contribution in [0, 0.1) is 6.92 Å². The number of aromatic nitrogens is 3. The summed E-state index contributed by atoms with van der Waals surface area (Å²) in [5.74, 6) is 0. The molecule has 0 bridgehead atoms. The molecule has 2 aromatic heterocycles. The summed E-state index contributed by atoms with van der Waals surface area (Å²) >= 11 is 0. The second-order valence-corrected chi connectivity index (χ2v) is 3.99. The summed E-state index contributed by atoms with van der Waals surface area (Å²) in [6.45, 7) is 1.96. The smallest absolute Gasteiger partial charge is 0.0836 e. The molecule has 3 aromatic rings. The lowest BCUT2D eigenvalue weighted by molar-refractivity contribution is 0.900. The quantitative estimate of drug-likeness (QED) is 0.645. The lowest BCUT2D eigenvalue weighted by Gasteiger charge is -2.03. The molecule has 1 aromatic carbocycles. The van der Waals surface area contributed by atoms with E-state index in [2.05, 4.69) is 10.1 Å². The fourth-order valence-corrected chi connectivity index (χ4v) is 1.86. The molecule has 0 unspecified atom stereocenters. The number of benzene rings is 1. The number of pyridine rings is 1. The maximum atomic E-state index is 5.90. The molecule has 0 atom stereocenters. The zero-order valence-electron chi connectivity index (χ0n) is 9.46. The van der Waals surface area contributed by atoms with Crippen LogP contribution in [0.3, 0.4) is 0 Å². The van der Waals surface area contributed by atoms with Gasteiger partial charge in [0, 0.05) is 16.8 Å². The molecule has 2 heterocycles. The first-order valence-corrected chi connectivity index (χ1v) is 5.41. The molecule has 0 saturated heterocycles. The van der Waals surface area contributed by atoms with E-state index in [0.29, 0.717) is 0 Å². The largest absolute Gasteiger partial charge is 0.398 e. The molecule has 0 aliphatic rings. The van der Waals surface area contributed by atoms with Gasteiger partial charge in [0.1, 0.15) is 0 Å². The number of hydrogen-bond donors (Lipinski definition) is 1. The van der Waals surface area contributed by atoms with Crippen LogP contribution in [0.2, 0.25) is 0 Å². The highest BCUT2D eigenvalue weighted by Gasteiger charge is 2.06. The maximum Gasteiger partial charge on any atom is 0.0836 e. The Balaban J connectivity index is 2.24. The fraction of sp³-hybridized carbons (Fsp3) is 0.0769. The maximum absolute atomic E-state index is 5.90. The van der Waals surface area contributed by atoms with Crippen LogP contribution in [0.4, 0.5) is 5.69 Å². The standard InChI is InChI=1S/C13H12N4/c1-9-5-6-10(7-15-9)17-13-4-2-3-12(14)11(13)8-16-17/h2-8H,14H2,1H3. The van der Waals surface area contributed by atoms with E-state index in [4.69, 9.17) is 5.73 Å². The van der Waals surface area contributed by atoms with Gasteiger partial charge in [-0.3, -0.25) is 4.98 Å². The molecule has 0 fully saturated rings. The summed E-state index contributed by atoms with van der Waals surface area (Å²) in [6, 6.07) is 9.77. The van der Waals surface area contributed by atoms with Crippen molar-refractivity contribution in [1.29, 1.82) is 0 Å². The second kappa shape index (κ2) is 3.59. The van der Waals surface area contributed by atoms with E-state index >= 15 is 0 Å². The summed E-state index contributed by atoms with van der Waals surface area (Å²) in [7, 11) is 0. The molecule has 0 saturated carbocycles. The van der Waals surface area contributed by atoms with Crippen molar-refractivity contribution >= 4 is 16.6 Å². The molecular formula is C13H12N4. The third-order valence-electron chi connectivity index (χ3n) is 2.79. The zero-order chi connectivity index (χ0) is 11.8. The number of nitrogen functional groups attached to an aromatic ring is 1. The Hall–Kier alpha value is -2.36. The van der Waals surface area contributed by atoms with E-state index in [9.17, 15) is 0 Å². The van der Waals surface area contributed by atoms with E-state index in [1.807, 2.05) is 48.1 Å². The molecule has 0 aliphatic heterocycles. The van der Waals surface area contributed by atoms with E-state index < -0.39 is 0 Å². The van der Waals surface area contributed by atoms with Crippen molar-refractivity contribution in [3.8, 4) is 5.69 Å². The molecule has 0 radical (unpaired) electrons. The van der Waals surface area contributed by atoms with Gasteiger partial charge in [0.2, 0.25) is 0 Å². The molecule has 0 amide bonds. The van der Waals surface area contributed by atoms with Gasteiger partial charge in [-0.05, 0) is 31.2 Å². The third kappa shape index (κ3) is 1.54. The summed E-state index contributed by atoms with van der Waals surface area (Å²) < 4.78 is 1.85. The lowest BCUT2D eigenvalue weighted by atomic mass is 10.2. The van der Waals surface area contributed by atoms with Crippen molar-refractivity contribution in [3.63, 3.8) is 0 Å². The van der Waals surface area contributed by atoms with Crippen LogP contribution < -0.4 is 5.73 Å². The van der Waals surface area contributed by atoms with Gasteiger partial charge in [-0.1, -0.05) is 6.07 Å². The average molecular weight is 224 g/mol. The molecule has 2 N–H and O–H groups in total. The molecule has 0 spiro atoms. The van der Waals surface area contributed by atoms with Crippen molar-refractivity contribution in [2.24, 2.45) is 0 Å². The van der Waals surface area contributed by atoms with Crippen molar-refractivity contribution in [2.75, 3.05) is 5.73 Å². The predicted octanol–water partition coefficient (Wildman–Crippen LogP) is 2.31. The third-order valence-corrected chi connectivity index (χ3v) is 2.79. The fourth-order valence-electron chi connectivity index (χ4n) is 1.86. The van der Waals surface area contributed by atoms with Crippen LogP contribution in [-0.2, 0) is 0 Å². The summed E-state index contributed by atoms with van der Waals surface area (Å²) in [5, 5.41) is 5.32. The van der Waals surface area contributed by atoms with Gasteiger partial charge in [-0.15, -0.1) is 0 Å². The summed E-state index contributed by atoms with van der Waals surface area (Å²) in [4.78, 5) is 4.27. The van der Waals surface area contributed by atoms with Crippen LogP contribution in [0.15, 0.2) is 42.7 Å². The van der Waals surface area contributed by atoms with Crippen LogP contribution in [0.5, 0.6) is 0 Å². The van der Waals surface area contributed by atoms with Crippen molar-refractivity contribution in [2.45, 2.75) is 6.92 Å². The number of nitrogens with two attached hydrogens (primary N) is 1. The van der Waals surface area contributed by atoms with Crippen LogP contribution >= 0.6 is 0 Å². The highest BCUT2D eigenvalue weighted by atomic mass is 15.3. The van der Waals surface area contributed by atoms with Gasteiger partial charge in [-0.25, -0.2) is 4.68 Å². The second-order valence-electron chi connectivity index (χ2n) is 3.99. The number of anilines is 1. The van der Waals surface area contributed by atoms with E-state index in [1.54, 1.807) is 6.20 Å². The predicted molar refractivity (Wildman–Crippen MR) is 68.0 cm³/mol. The van der Waals surface area contributed by atoms with E-state index in [0.717, 1.165) is 28.0 Å². The Bertz CT molecular complexity index is 667. The monoisotopic (exact) mass is 224 g/mol. The average Bonchev–Trinajstić information content (AvgIpc) is 2.75. The van der Waals surface area contributed by atoms with Gasteiger partial charge in [0.05, 0.1) is 23.6 Å². The molecule has 3 rings (SSSR count). The normalized spacial score (nSPS) is 10.9. The highest BCUT2D eigenvalue weighted by Crippen LogP contribution is 2.22. The Morgan fingerprint density at radius 2 is 2.00 bits per heavy atom. The number of fused-ring (bicyclic) bond motifs is 1. The van der Waals surface area contributed by atoms with Crippen molar-refractivity contribution in [3.05, 3.63) is 48.4 Å². The van der Waals surface area contributed by atoms with Gasteiger partial charge < -0.3 is 5.73 Å². The zero-order valence-corrected chi connectivity index (χ0v) is 9.46. The van der Waals surface area contributed by atoms with E-state index in [-0.39, 0.29) is 0 Å². The molecular weight excluding hydrogens is 212 g/mol. The minimum atomic E-state index is 0.744. The van der Waals surface area contributed by atoms with Crippen LogP contribution in [-0.4, -0.2) is 14.8 Å². The summed E-state index contributed by atoms with van der Waals surface area (Å²) in [6.07, 6.45) is 3.59. The van der Waals surface area contributed by atoms with Crippen molar-refractivity contribution in [1.82, 2.24) is 14.8 Å². The SMILES string of the molecule is Cc1ccc(-n2ncc3c(N)cccc32)cn1. The first kappa shape index (κ1) is 9.84. The molecule has 84 valence electrons. The molecule has 4 nitrogen and oxygen atoms in total. The Morgan fingerprint density at radius 1 is 1.12 bits per heavy atom. The molecule has 4 heteroatoms. The Kier molecular flexibility index (Phi) is 2.08. The van der Waals surface area contributed by atoms with Gasteiger partial charge in [0.25, 0.3) is 0 Å². The van der Waals surface area contributed by atoms with Gasteiger partial charge in [0.15, 0.2) is 0 Å².